The molecule has 5 rings (SSSR count). The Labute approximate surface area is 212 Å². The van der Waals surface area contributed by atoms with E-state index in [0.29, 0.717) is 17.5 Å². The van der Waals surface area contributed by atoms with Crippen LogP contribution in [0.2, 0.25) is 5.02 Å². The molecule has 0 bridgehead atoms. The third-order valence-corrected chi connectivity index (χ3v) is 8.29. The molecule has 1 aromatic carbocycles. The lowest BCUT2D eigenvalue weighted by molar-refractivity contribution is 0.0950. The van der Waals surface area contributed by atoms with Crippen molar-refractivity contribution in [2.24, 2.45) is 0 Å². The number of H-pyrrole nitrogens is 1. The number of nitrogens with zero attached hydrogens (tertiary/aromatic N) is 6. The maximum absolute atomic E-state index is 13.5. The molecule has 0 saturated heterocycles. The van der Waals surface area contributed by atoms with Crippen molar-refractivity contribution in [1.29, 1.82) is 0 Å². The first-order chi connectivity index (χ1) is 17.3. The summed E-state index contributed by atoms with van der Waals surface area (Å²) in [5, 5.41) is 15.9. The Balaban J connectivity index is 1.55. The first-order valence-electron chi connectivity index (χ1n) is 11.2. The van der Waals surface area contributed by atoms with Crippen molar-refractivity contribution in [3.63, 3.8) is 0 Å². The van der Waals surface area contributed by atoms with Crippen LogP contribution in [0.25, 0.3) is 22.3 Å². The summed E-state index contributed by atoms with van der Waals surface area (Å²) in [6, 6.07) is 5.69. The van der Waals surface area contributed by atoms with Crippen molar-refractivity contribution in [3.05, 3.63) is 47.6 Å². The van der Waals surface area contributed by atoms with Gasteiger partial charge in [0.2, 0.25) is 16.0 Å². The van der Waals surface area contributed by atoms with Crippen LogP contribution in [0.5, 0.6) is 0 Å². The Morgan fingerprint density at radius 2 is 1.94 bits per heavy atom. The molecule has 0 aliphatic heterocycles. The number of aromatic amines is 1. The Morgan fingerprint density at radius 1 is 1.19 bits per heavy atom. The minimum Gasteiger partial charge on any atom is -0.382 e. The second-order valence-corrected chi connectivity index (χ2v) is 11.2. The predicted molar refractivity (Wildman–Crippen MR) is 133 cm³/mol. The molecule has 36 heavy (non-hydrogen) atoms. The van der Waals surface area contributed by atoms with Crippen LogP contribution >= 0.6 is 11.6 Å². The molecule has 3 heterocycles. The summed E-state index contributed by atoms with van der Waals surface area (Å²) in [6.45, 7) is 1.90. The molecule has 1 saturated carbocycles. The Hall–Kier alpha value is -3.13. The van der Waals surface area contributed by atoms with Crippen molar-refractivity contribution in [2.45, 2.75) is 36.7 Å². The van der Waals surface area contributed by atoms with Crippen LogP contribution in [0.1, 0.15) is 31.7 Å². The monoisotopic (exact) mass is 532 g/mol. The quantitative estimate of drug-likeness (QED) is 0.314. The van der Waals surface area contributed by atoms with Crippen molar-refractivity contribution in [2.75, 3.05) is 25.5 Å². The first-order valence-corrected chi connectivity index (χ1v) is 13.1. The van der Waals surface area contributed by atoms with E-state index >= 15 is 0 Å². The zero-order valence-corrected chi connectivity index (χ0v) is 21.4. The molecule has 0 radical (unpaired) electrons. The van der Waals surface area contributed by atoms with Gasteiger partial charge in [0.15, 0.2) is 11.6 Å². The lowest BCUT2D eigenvalue weighted by Gasteiger charge is -2.24. The lowest BCUT2D eigenvalue weighted by atomic mass is 10.1. The summed E-state index contributed by atoms with van der Waals surface area (Å²) in [4.78, 5) is 8.26. The minimum absolute atomic E-state index is 0.0961. The smallest absolute Gasteiger partial charge is 0.240 e. The van der Waals surface area contributed by atoms with Gasteiger partial charge in [-0.15, -0.1) is 10.2 Å². The number of ether oxygens (including phenoxy) is 2. The molecule has 1 aliphatic carbocycles. The summed E-state index contributed by atoms with van der Waals surface area (Å²) in [7, 11) is -1.01. The summed E-state index contributed by atoms with van der Waals surface area (Å²) >= 11 is 5.88. The van der Waals surface area contributed by atoms with Crippen LogP contribution in [0.15, 0.2) is 36.8 Å². The highest BCUT2D eigenvalue weighted by Gasteiger charge is 2.49. The highest BCUT2D eigenvalue weighted by atomic mass is 35.5. The number of benzene rings is 1. The van der Waals surface area contributed by atoms with E-state index in [1.807, 2.05) is 22.8 Å². The number of fused-ring (bicyclic) bond motifs is 1. The van der Waals surface area contributed by atoms with E-state index in [0.717, 1.165) is 29.3 Å². The van der Waals surface area contributed by atoms with Crippen molar-refractivity contribution in [3.8, 4) is 11.4 Å². The van der Waals surface area contributed by atoms with E-state index in [2.05, 4.69) is 35.1 Å². The molecule has 14 heteroatoms. The number of methoxy groups -OCH3 is 2. The van der Waals surface area contributed by atoms with Gasteiger partial charge in [-0.05, 0) is 25.8 Å². The highest BCUT2D eigenvalue weighted by molar-refractivity contribution is 7.93. The topological polar surface area (TPSA) is 150 Å². The largest absolute Gasteiger partial charge is 0.382 e. The third-order valence-electron chi connectivity index (χ3n) is 6.40. The van der Waals surface area contributed by atoms with Crippen LogP contribution in [0.4, 0.5) is 5.95 Å². The lowest BCUT2D eigenvalue weighted by Crippen LogP contribution is -2.35. The van der Waals surface area contributed by atoms with E-state index in [1.54, 1.807) is 13.3 Å². The van der Waals surface area contributed by atoms with E-state index in [4.69, 9.17) is 21.1 Å². The minimum atomic E-state index is -4.02. The normalized spacial score (nSPS) is 16.7. The summed E-state index contributed by atoms with van der Waals surface area (Å²) in [5.41, 5.74) is 1.14. The predicted octanol–water partition coefficient (Wildman–Crippen LogP) is 2.92. The SMILES string of the molecule is COCC1(n2c(NS(=O)(=O)[C@@H](C)[C@H](OC)c3ncc(Cl)cn3)nnc2-c2cccc3[nH]ncc23)CC1. The van der Waals surface area contributed by atoms with E-state index in [9.17, 15) is 8.42 Å². The van der Waals surface area contributed by atoms with Gasteiger partial charge in [0.05, 0.1) is 28.9 Å². The summed E-state index contributed by atoms with van der Waals surface area (Å²) in [5.74, 6) is 0.816. The van der Waals surface area contributed by atoms with Crippen LogP contribution < -0.4 is 4.72 Å². The van der Waals surface area contributed by atoms with Gasteiger partial charge in [-0.3, -0.25) is 14.4 Å². The number of hydrogen-bond donors (Lipinski definition) is 2. The zero-order chi connectivity index (χ0) is 25.5. The number of anilines is 1. The van der Waals surface area contributed by atoms with Gasteiger partial charge >= 0.3 is 0 Å². The fourth-order valence-electron chi connectivity index (χ4n) is 4.34. The molecule has 190 valence electrons. The van der Waals surface area contributed by atoms with Gasteiger partial charge in [0, 0.05) is 37.6 Å². The number of sulfonamides is 1. The standard InChI is InChI=1S/C22H25ClN8O4S/c1-13(18(35-3)19-24-9-14(23)10-25-19)36(32,33)30-21-29-28-20(31(21)22(7-8-22)12-34-2)15-5-4-6-17-16(15)11-26-27-17/h4-6,9-11,13,18H,7-8,12H2,1-3H3,(H,26,27)(H,29,30)/t13-,18-/m0/s1. The number of aromatic nitrogens is 7. The van der Waals surface area contributed by atoms with Gasteiger partial charge in [-0.25, -0.2) is 18.4 Å². The van der Waals surface area contributed by atoms with Crippen molar-refractivity contribution >= 4 is 38.5 Å². The Morgan fingerprint density at radius 3 is 2.61 bits per heavy atom. The van der Waals surface area contributed by atoms with Crippen LogP contribution in [0.3, 0.4) is 0 Å². The van der Waals surface area contributed by atoms with Gasteiger partial charge in [0.25, 0.3) is 0 Å². The maximum atomic E-state index is 13.5. The fraction of sp³-hybridized carbons (Fsp3) is 0.409. The van der Waals surface area contributed by atoms with Crippen LogP contribution in [-0.2, 0) is 25.0 Å². The molecular formula is C22H25ClN8O4S. The Bertz CT molecular complexity index is 1480. The zero-order valence-electron chi connectivity index (χ0n) is 19.8. The molecular weight excluding hydrogens is 508 g/mol. The van der Waals surface area contributed by atoms with E-state index in [-0.39, 0.29) is 11.8 Å². The average molecular weight is 533 g/mol. The number of nitrogens with one attached hydrogen (secondary N) is 2. The van der Waals surface area contributed by atoms with Gasteiger partial charge in [-0.2, -0.15) is 5.10 Å². The van der Waals surface area contributed by atoms with Gasteiger partial charge < -0.3 is 9.47 Å². The average Bonchev–Trinajstić information content (AvgIpc) is 3.26. The molecule has 1 fully saturated rings. The summed E-state index contributed by atoms with van der Waals surface area (Å²) in [6.07, 6.45) is 5.13. The Kier molecular flexibility index (Phi) is 6.41. The molecule has 0 spiro atoms. The molecule has 3 aromatic heterocycles. The number of hydrogen-bond acceptors (Lipinski definition) is 9. The van der Waals surface area contributed by atoms with Gasteiger partial charge in [-0.1, -0.05) is 23.7 Å². The second kappa shape index (κ2) is 9.39. The number of halogens is 1. The third kappa shape index (κ3) is 4.32. The molecule has 12 nitrogen and oxygen atoms in total. The first kappa shape index (κ1) is 24.6. The van der Waals surface area contributed by atoms with Crippen molar-refractivity contribution in [1.82, 2.24) is 34.9 Å². The molecule has 0 unspecified atom stereocenters. The number of rotatable bonds is 10. The molecule has 2 N–H and O–H groups in total. The molecule has 2 atom stereocenters. The van der Waals surface area contributed by atoms with E-state index < -0.39 is 26.9 Å². The molecule has 1 aliphatic rings. The second-order valence-electron chi connectivity index (χ2n) is 8.74. The summed E-state index contributed by atoms with van der Waals surface area (Å²) < 4.78 is 42.4. The van der Waals surface area contributed by atoms with Crippen LogP contribution in [-0.4, -0.2) is 69.4 Å². The maximum Gasteiger partial charge on any atom is 0.240 e. The molecule has 4 aromatic rings. The highest BCUT2D eigenvalue weighted by Crippen LogP contribution is 2.48. The van der Waals surface area contributed by atoms with Gasteiger partial charge in [0.1, 0.15) is 11.4 Å². The van der Waals surface area contributed by atoms with Crippen LogP contribution in [0, 0.1) is 0 Å². The molecule has 0 amide bonds. The van der Waals surface area contributed by atoms with Crippen molar-refractivity contribution < 1.29 is 17.9 Å². The fourth-order valence-corrected chi connectivity index (χ4v) is 5.57. The van der Waals surface area contributed by atoms with E-state index in [1.165, 1.54) is 26.4 Å².